The second-order valence-electron chi connectivity index (χ2n) is 5.37. The van der Waals surface area contributed by atoms with Crippen LogP contribution >= 0.6 is 0 Å². The SMILES string of the molecule is CC(=O)c1cccc(Nc2ncnc(NCc3ccco3)c2[N+](=O)[O-])c1. The number of Topliss-reactive ketones (excluding diaryl/α,β-unsaturated/α-hetero) is 1. The largest absolute Gasteiger partial charge is 0.467 e. The first-order valence-electron chi connectivity index (χ1n) is 7.68. The molecule has 1 aromatic carbocycles. The fourth-order valence-corrected chi connectivity index (χ4v) is 2.31. The Balaban J connectivity index is 1.89. The van der Waals surface area contributed by atoms with E-state index in [-0.39, 0.29) is 29.7 Å². The molecule has 3 aromatic rings. The van der Waals surface area contributed by atoms with E-state index in [0.29, 0.717) is 17.0 Å². The van der Waals surface area contributed by atoms with E-state index in [0.717, 1.165) is 0 Å². The van der Waals surface area contributed by atoms with E-state index >= 15 is 0 Å². The van der Waals surface area contributed by atoms with Crippen LogP contribution in [-0.4, -0.2) is 20.7 Å². The highest BCUT2D eigenvalue weighted by Gasteiger charge is 2.23. The minimum Gasteiger partial charge on any atom is -0.467 e. The number of ketones is 1. The highest BCUT2D eigenvalue weighted by molar-refractivity contribution is 5.95. The molecule has 3 rings (SSSR count). The Bertz CT molecular complexity index is 940. The summed E-state index contributed by atoms with van der Waals surface area (Å²) in [6.07, 6.45) is 2.73. The van der Waals surface area contributed by atoms with Crippen molar-refractivity contribution in [2.24, 2.45) is 0 Å². The normalized spacial score (nSPS) is 10.3. The van der Waals surface area contributed by atoms with Crippen LogP contribution in [-0.2, 0) is 6.54 Å². The molecule has 2 N–H and O–H groups in total. The van der Waals surface area contributed by atoms with Gasteiger partial charge in [-0.25, -0.2) is 9.97 Å². The third kappa shape index (κ3) is 3.83. The number of nitrogens with zero attached hydrogens (tertiary/aromatic N) is 3. The summed E-state index contributed by atoms with van der Waals surface area (Å²) in [5.41, 5.74) is 0.701. The summed E-state index contributed by atoms with van der Waals surface area (Å²) in [6.45, 7) is 1.69. The van der Waals surface area contributed by atoms with Crippen molar-refractivity contribution in [3.8, 4) is 0 Å². The van der Waals surface area contributed by atoms with Crippen LogP contribution in [0.15, 0.2) is 53.4 Å². The van der Waals surface area contributed by atoms with Gasteiger partial charge in [0.25, 0.3) is 0 Å². The lowest BCUT2D eigenvalue weighted by Crippen LogP contribution is -2.08. The smallest absolute Gasteiger partial charge is 0.353 e. The van der Waals surface area contributed by atoms with E-state index < -0.39 is 4.92 Å². The quantitative estimate of drug-likeness (QED) is 0.375. The van der Waals surface area contributed by atoms with Crippen molar-refractivity contribution in [2.75, 3.05) is 10.6 Å². The molecular weight excluding hydrogens is 338 g/mol. The predicted molar refractivity (Wildman–Crippen MR) is 94.5 cm³/mol. The molecule has 0 bridgehead atoms. The van der Waals surface area contributed by atoms with Crippen molar-refractivity contribution in [3.05, 3.63) is 70.4 Å². The average molecular weight is 353 g/mol. The minimum atomic E-state index is -0.568. The third-order valence-electron chi connectivity index (χ3n) is 3.55. The van der Waals surface area contributed by atoms with Crippen LogP contribution in [0.3, 0.4) is 0 Å². The molecule has 0 saturated heterocycles. The zero-order chi connectivity index (χ0) is 18.5. The summed E-state index contributed by atoms with van der Waals surface area (Å²) in [5.74, 6) is 0.590. The number of furan rings is 1. The van der Waals surface area contributed by atoms with Gasteiger partial charge in [0.2, 0.25) is 11.6 Å². The molecule has 0 radical (unpaired) electrons. The van der Waals surface area contributed by atoms with Crippen LogP contribution in [0.5, 0.6) is 0 Å². The molecule has 26 heavy (non-hydrogen) atoms. The van der Waals surface area contributed by atoms with Gasteiger partial charge in [0.1, 0.15) is 12.1 Å². The number of benzene rings is 1. The van der Waals surface area contributed by atoms with Gasteiger partial charge in [-0.1, -0.05) is 12.1 Å². The number of aromatic nitrogens is 2. The van der Waals surface area contributed by atoms with Gasteiger partial charge in [-0.15, -0.1) is 0 Å². The van der Waals surface area contributed by atoms with E-state index in [1.807, 2.05) is 0 Å². The predicted octanol–water partition coefficient (Wildman–Crippen LogP) is 3.54. The molecule has 0 atom stereocenters. The van der Waals surface area contributed by atoms with E-state index in [9.17, 15) is 14.9 Å². The Morgan fingerprint density at radius 2 is 2.04 bits per heavy atom. The van der Waals surface area contributed by atoms with Crippen LogP contribution in [0, 0.1) is 10.1 Å². The lowest BCUT2D eigenvalue weighted by atomic mass is 10.1. The first-order chi connectivity index (χ1) is 12.5. The lowest BCUT2D eigenvalue weighted by Gasteiger charge is -2.10. The average Bonchev–Trinajstić information content (AvgIpc) is 3.13. The van der Waals surface area contributed by atoms with Gasteiger partial charge in [-0.3, -0.25) is 14.9 Å². The molecule has 0 fully saturated rings. The summed E-state index contributed by atoms with van der Waals surface area (Å²) in [6, 6.07) is 10.1. The summed E-state index contributed by atoms with van der Waals surface area (Å²) < 4.78 is 5.19. The molecule has 0 amide bonds. The van der Waals surface area contributed by atoms with Gasteiger partial charge in [0.05, 0.1) is 17.7 Å². The summed E-state index contributed by atoms with van der Waals surface area (Å²) in [4.78, 5) is 30.4. The van der Waals surface area contributed by atoms with Crippen LogP contribution in [0.1, 0.15) is 23.0 Å². The van der Waals surface area contributed by atoms with E-state index in [1.54, 1.807) is 36.4 Å². The number of carbonyl (C=O) groups excluding carboxylic acids is 1. The highest BCUT2D eigenvalue weighted by Crippen LogP contribution is 2.31. The molecule has 132 valence electrons. The molecule has 0 aliphatic heterocycles. The number of nitro groups is 1. The van der Waals surface area contributed by atoms with Crippen LogP contribution in [0.4, 0.5) is 23.0 Å². The van der Waals surface area contributed by atoms with Crippen molar-refractivity contribution in [2.45, 2.75) is 13.5 Å². The van der Waals surface area contributed by atoms with Gasteiger partial charge in [0, 0.05) is 11.3 Å². The fraction of sp³-hybridized carbons (Fsp3) is 0.118. The number of carbonyl (C=O) groups is 1. The molecule has 0 unspecified atom stereocenters. The Morgan fingerprint density at radius 3 is 2.73 bits per heavy atom. The van der Waals surface area contributed by atoms with E-state index in [4.69, 9.17) is 4.42 Å². The zero-order valence-electron chi connectivity index (χ0n) is 13.8. The van der Waals surface area contributed by atoms with Gasteiger partial charge >= 0.3 is 5.69 Å². The maximum atomic E-state index is 11.5. The number of anilines is 3. The van der Waals surface area contributed by atoms with Crippen molar-refractivity contribution in [3.63, 3.8) is 0 Å². The van der Waals surface area contributed by atoms with Gasteiger partial charge in [0.15, 0.2) is 5.78 Å². The minimum absolute atomic E-state index is 0.0210. The molecule has 2 heterocycles. The maximum absolute atomic E-state index is 11.5. The topological polar surface area (TPSA) is 123 Å². The summed E-state index contributed by atoms with van der Waals surface area (Å²) >= 11 is 0. The van der Waals surface area contributed by atoms with Crippen molar-refractivity contribution >= 4 is 28.8 Å². The van der Waals surface area contributed by atoms with Crippen molar-refractivity contribution in [1.82, 2.24) is 9.97 Å². The highest BCUT2D eigenvalue weighted by atomic mass is 16.6. The van der Waals surface area contributed by atoms with Crippen LogP contribution in [0.25, 0.3) is 0 Å². The molecule has 9 nitrogen and oxygen atoms in total. The van der Waals surface area contributed by atoms with Gasteiger partial charge < -0.3 is 15.1 Å². The molecule has 0 aliphatic carbocycles. The standard InChI is InChI=1S/C17H15N5O4/c1-11(23)12-4-2-5-13(8-12)21-17-15(22(24)25)16(19-10-20-17)18-9-14-6-3-7-26-14/h2-8,10H,9H2,1H3,(H2,18,19,20,21). The summed E-state index contributed by atoms with van der Waals surface area (Å²) in [7, 11) is 0. The third-order valence-corrected chi connectivity index (χ3v) is 3.55. The molecule has 0 saturated carbocycles. The van der Waals surface area contributed by atoms with Crippen LogP contribution in [0.2, 0.25) is 0 Å². The van der Waals surface area contributed by atoms with Crippen molar-refractivity contribution < 1.29 is 14.1 Å². The number of rotatable bonds is 7. The first-order valence-corrected chi connectivity index (χ1v) is 7.68. The van der Waals surface area contributed by atoms with E-state index in [2.05, 4.69) is 20.6 Å². The zero-order valence-corrected chi connectivity index (χ0v) is 13.8. The Hall–Kier alpha value is -3.75. The molecule has 2 aromatic heterocycles. The molecule has 9 heteroatoms. The first kappa shape index (κ1) is 17.1. The Labute approximate surface area is 148 Å². The monoisotopic (exact) mass is 353 g/mol. The van der Waals surface area contributed by atoms with Gasteiger partial charge in [-0.05, 0) is 31.2 Å². The fourth-order valence-electron chi connectivity index (χ4n) is 2.31. The second-order valence-corrected chi connectivity index (χ2v) is 5.37. The Morgan fingerprint density at radius 1 is 1.23 bits per heavy atom. The lowest BCUT2D eigenvalue weighted by molar-refractivity contribution is -0.383. The van der Waals surface area contributed by atoms with Crippen molar-refractivity contribution in [1.29, 1.82) is 0 Å². The Kier molecular flexibility index (Phi) is 4.88. The maximum Gasteiger partial charge on any atom is 0.353 e. The number of hydrogen-bond donors (Lipinski definition) is 2. The molecule has 0 aliphatic rings. The van der Waals surface area contributed by atoms with Gasteiger partial charge in [-0.2, -0.15) is 0 Å². The van der Waals surface area contributed by atoms with Crippen LogP contribution < -0.4 is 10.6 Å². The summed E-state index contributed by atoms with van der Waals surface area (Å²) in [5, 5.41) is 17.3. The second kappa shape index (κ2) is 7.43. The number of nitrogens with one attached hydrogen (secondary N) is 2. The molecule has 0 spiro atoms. The number of hydrogen-bond acceptors (Lipinski definition) is 8. The molecular formula is C17H15N5O4. The van der Waals surface area contributed by atoms with E-state index in [1.165, 1.54) is 19.5 Å².